The Morgan fingerprint density at radius 1 is 1.13 bits per heavy atom. The van der Waals surface area contributed by atoms with Crippen LogP contribution in [0.5, 0.6) is 0 Å². The summed E-state index contributed by atoms with van der Waals surface area (Å²) in [4.78, 5) is 18.9. The lowest BCUT2D eigenvalue weighted by atomic mass is 9.95. The van der Waals surface area contributed by atoms with Gasteiger partial charge in [0.1, 0.15) is 0 Å². The van der Waals surface area contributed by atoms with E-state index in [1.807, 2.05) is 44.4 Å². The summed E-state index contributed by atoms with van der Waals surface area (Å²) in [5, 5.41) is 3.11. The number of amides is 1. The lowest BCUT2D eigenvalue weighted by Gasteiger charge is -2.33. The van der Waals surface area contributed by atoms with Gasteiger partial charge < -0.3 is 10.2 Å². The lowest BCUT2D eigenvalue weighted by Crippen LogP contribution is -2.38. The number of hydrogen-bond donors (Lipinski definition) is 1. The van der Waals surface area contributed by atoms with Crippen LogP contribution in [0.3, 0.4) is 0 Å². The third-order valence-electron chi connectivity index (χ3n) is 4.54. The Kier molecular flexibility index (Phi) is 4.60. The number of nitrogens with zero attached hydrogens (tertiary/aromatic N) is 2. The van der Waals surface area contributed by atoms with Gasteiger partial charge in [-0.2, -0.15) is 0 Å². The molecule has 1 amide bonds. The van der Waals surface area contributed by atoms with Crippen molar-refractivity contribution in [1.29, 1.82) is 0 Å². The van der Waals surface area contributed by atoms with Crippen molar-refractivity contribution < 1.29 is 4.79 Å². The van der Waals surface area contributed by atoms with Gasteiger partial charge in [0.05, 0.1) is 0 Å². The maximum atomic E-state index is 12.5. The molecule has 3 rings (SSSR count). The number of carbonyl (C=O) groups is 1. The Balaban J connectivity index is 1.59. The van der Waals surface area contributed by atoms with Gasteiger partial charge in [-0.3, -0.25) is 9.78 Å². The van der Waals surface area contributed by atoms with E-state index >= 15 is 0 Å². The topological polar surface area (TPSA) is 45.2 Å². The van der Waals surface area contributed by atoms with Gasteiger partial charge in [-0.05, 0) is 56.0 Å². The number of nitrogens with one attached hydrogen (secondary N) is 1. The number of anilines is 2. The first-order valence-electron chi connectivity index (χ1n) is 8.16. The van der Waals surface area contributed by atoms with Gasteiger partial charge in [-0.25, -0.2) is 0 Å². The Morgan fingerprint density at radius 2 is 1.83 bits per heavy atom. The van der Waals surface area contributed by atoms with Gasteiger partial charge in [-0.15, -0.1) is 0 Å². The van der Waals surface area contributed by atoms with Crippen LogP contribution in [0, 0.1) is 19.8 Å². The van der Waals surface area contributed by atoms with Gasteiger partial charge in [0.25, 0.3) is 0 Å². The van der Waals surface area contributed by atoms with E-state index in [-0.39, 0.29) is 11.8 Å². The third kappa shape index (κ3) is 3.70. The van der Waals surface area contributed by atoms with Crippen LogP contribution < -0.4 is 10.2 Å². The summed E-state index contributed by atoms with van der Waals surface area (Å²) in [7, 11) is 0. The molecule has 0 radical (unpaired) electrons. The van der Waals surface area contributed by atoms with Crippen LogP contribution in [0.4, 0.5) is 11.4 Å². The van der Waals surface area contributed by atoms with Crippen LogP contribution in [0.2, 0.25) is 0 Å². The van der Waals surface area contributed by atoms with E-state index in [2.05, 4.69) is 27.3 Å². The molecule has 1 N–H and O–H groups in total. The summed E-state index contributed by atoms with van der Waals surface area (Å²) >= 11 is 0. The number of piperidine rings is 1. The van der Waals surface area contributed by atoms with Crippen LogP contribution in [-0.4, -0.2) is 24.0 Å². The van der Waals surface area contributed by atoms with Crippen LogP contribution >= 0.6 is 0 Å². The van der Waals surface area contributed by atoms with Crippen LogP contribution in [0.25, 0.3) is 0 Å². The lowest BCUT2D eigenvalue weighted by molar-refractivity contribution is -0.120. The van der Waals surface area contributed by atoms with E-state index in [1.165, 1.54) is 11.3 Å². The highest BCUT2D eigenvalue weighted by molar-refractivity contribution is 5.93. The predicted octanol–water partition coefficient (Wildman–Crippen LogP) is 3.55. The van der Waals surface area contributed by atoms with Crippen LogP contribution in [-0.2, 0) is 4.79 Å². The predicted molar refractivity (Wildman–Crippen MR) is 93.7 cm³/mol. The van der Waals surface area contributed by atoms with Gasteiger partial charge in [0.2, 0.25) is 5.91 Å². The van der Waals surface area contributed by atoms with Crippen molar-refractivity contribution in [3.8, 4) is 0 Å². The summed E-state index contributed by atoms with van der Waals surface area (Å²) in [5.41, 5.74) is 4.40. The summed E-state index contributed by atoms with van der Waals surface area (Å²) < 4.78 is 0. The first-order chi connectivity index (χ1) is 11.1. The second kappa shape index (κ2) is 6.82. The molecule has 4 nitrogen and oxygen atoms in total. The zero-order valence-electron chi connectivity index (χ0n) is 13.7. The fourth-order valence-corrected chi connectivity index (χ4v) is 3.06. The molecule has 0 atom stereocenters. The maximum absolute atomic E-state index is 12.5. The number of benzene rings is 1. The fraction of sp³-hybridized carbons (Fsp3) is 0.368. The summed E-state index contributed by atoms with van der Waals surface area (Å²) in [6, 6.07) is 10.2. The summed E-state index contributed by atoms with van der Waals surface area (Å²) in [6.45, 7) is 5.90. The smallest absolute Gasteiger partial charge is 0.227 e. The highest BCUT2D eigenvalue weighted by Gasteiger charge is 2.25. The molecule has 1 aliphatic rings. The van der Waals surface area contributed by atoms with E-state index < -0.39 is 0 Å². The fourth-order valence-electron chi connectivity index (χ4n) is 3.06. The molecule has 0 spiro atoms. The average Bonchev–Trinajstić information content (AvgIpc) is 2.59. The normalized spacial score (nSPS) is 15.5. The average molecular weight is 309 g/mol. The zero-order chi connectivity index (χ0) is 16.2. The van der Waals surface area contributed by atoms with E-state index in [0.29, 0.717) is 0 Å². The van der Waals surface area contributed by atoms with Gasteiger partial charge >= 0.3 is 0 Å². The van der Waals surface area contributed by atoms with Gasteiger partial charge in [-0.1, -0.05) is 12.1 Å². The SMILES string of the molecule is Cc1ccc(C)c(NC(=O)C2CCN(c3ccncc3)CC2)c1. The highest BCUT2D eigenvalue weighted by Crippen LogP contribution is 2.25. The monoisotopic (exact) mass is 309 g/mol. The largest absolute Gasteiger partial charge is 0.371 e. The van der Waals surface area contributed by atoms with Gasteiger partial charge in [0, 0.05) is 42.8 Å². The molecule has 120 valence electrons. The second-order valence-corrected chi connectivity index (χ2v) is 6.27. The van der Waals surface area contributed by atoms with E-state index in [1.54, 1.807) is 0 Å². The Bertz CT molecular complexity index is 676. The molecule has 4 heteroatoms. The molecular weight excluding hydrogens is 286 g/mol. The first kappa shape index (κ1) is 15.5. The zero-order valence-corrected chi connectivity index (χ0v) is 13.7. The standard InChI is InChI=1S/C19H23N3O/c1-14-3-4-15(2)18(13-14)21-19(23)16-7-11-22(12-8-16)17-5-9-20-10-6-17/h3-6,9-10,13,16H,7-8,11-12H2,1-2H3,(H,21,23). The summed E-state index contributed by atoms with van der Waals surface area (Å²) in [5.74, 6) is 0.237. The van der Waals surface area contributed by atoms with Crippen molar-refractivity contribution in [1.82, 2.24) is 4.98 Å². The number of aromatic nitrogens is 1. The number of rotatable bonds is 3. The molecule has 23 heavy (non-hydrogen) atoms. The molecule has 1 aromatic carbocycles. The number of pyridine rings is 1. The molecule has 2 aromatic rings. The summed E-state index contributed by atoms with van der Waals surface area (Å²) in [6.07, 6.45) is 5.40. The Labute approximate surface area is 137 Å². The number of hydrogen-bond acceptors (Lipinski definition) is 3. The molecule has 1 aliphatic heterocycles. The molecule has 1 saturated heterocycles. The van der Waals surface area contributed by atoms with Crippen molar-refractivity contribution in [3.63, 3.8) is 0 Å². The molecule has 0 aliphatic carbocycles. The van der Waals surface area contributed by atoms with E-state index in [0.717, 1.165) is 37.2 Å². The minimum absolute atomic E-state index is 0.0907. The highest BCUT2D eigenvalue weighted by atomic mass is 16.1. The molecule has 1 fully saturated rings. The number of aryl methyl sites for hydroxylation is 2. The maximum Gasteiger partial charge on any atom is 0.227 e. The van der Waals surface area contributed by atoms with E-state index in [4.69, 9.17) is 0 Å². The van der Waals surface area contributed by atoms with Crippen molar-refractivity contribution in [2.24, 2.45) is 5.92 Å². The Hall–Kier alpha value is -2.36. The van der Waals surface area contributed by atoms with Crippen molar-refractivity contribution >= 4 is 17.3 Å². The Morgan fingerprint density at radius 3 is 2.52 bits per heavy atom. The molecule has 1 aromatic heterocycles. The van der Waals surface area contributed by atoms with Crippen LogP contribution in [0.1, 0.15) is 24.0 Å². The molecular formula is C19H23N3O. The van der Waals surface area contributed by atoms with Crippen LogP contribution in [0.15, 0.2) is 42.7 Å². The quantitative estimate of drug-likeness (QED) is 0.943. The minimum Gasteiger partial charge on any atom is -0.371 e. The molecule has 0 unspecified atom stereocenters. The van der Waals surface area contributed by atoms with Crippen molar-refractivity contribution in [2.45, 2.75) is 26.7 Å². The first-order valence-corrected chi connectivity index (χ1v) is 8.16. The third-order valence-corrected chi connectivity index (χ3v) is 4.54. The second-order valence-electron chi connectivity index (χ2n) is 6.27. The van der Waals surface area contributed by atoms with E-state index in [9.17, 15) is 4.79 Å². The molecule has 0 saturated carbocycles. The molecule has 2 heterocycles. The minimum atomic E-state index is 0.0907. The van der Waals surface area contributed by atoms with Gasteiger partial charge in [0.15, 0.2) is 0 Å². The van der Waals surface area contributed by atoms with Crippen molar-refractivity contribution in [2.75, 3.05) is 23.3 Å². The number of carbonyl (C=O) groups excluding carboxylic acids is 1. The molecule has 0 bridgehead atoms. The van der Waals surface area contributed by atoms with Crippen molar-refractivity contribution in [3.05, 3.63) is 53.9 Å².